The molecule has 1 unspecified atom stereocenters. The Morgan fingerprint density at radius 2 is 1.74 bits per heavy atom. The highest BCUT2D eigenvalue weighted by atomic mass is 35.5. The van der Waals surface area contributed by atoms with Gasteiger partial charge in [-0.05, 0) is 85.2 Å². The molecule has 176 valence electrons. The minimum absolute atomic E-state index is 0.0328. The average molecular weight is 497 g/mol. The molecule has 4 rings (SSSR count). The smallest absolute Gasteiger partial charge is 0.124 e. The number of benzene rings is 3. The van der Waals surface area contributed by atoms with Crippen LogP contribution in [-0.2, 0) is 0 Å². The van der Waals surface area contributed by atoms with Crippen LogP contribution in [0.4, 0.5) is 8.78 Å². The predicted molar refractivity (Wildman–Crippen MR) is 136 cm³/mol. The van der Waals surface area contributed by atoms with Crippen molar-refractivity contribution in [2.45, 2.75) is 36.4 Å². The molecule has 3 aromatic carbocycles. The van der Waals surface area contributed by atoms with Crippen molar-refractivity contribution in [3.63, 3.8) is 0 Å². The Labute approximate surface area is 209 Å². The molecule has 0 bridgehead atoms. The zero-order valence-electron chi connectivity index (χ0n) is 19.4. The molecule has 0 radical (unpaired) electrons. The second kappa shape index (κ2) is 10.1. The number of rotatable bonds is 7. The molecule has 2 atom stereocenters. The third kappa shape index (κ3) is 5.30. The molecule has 0 amide bonds. The summed E-state index contributed by atoms with van der Waals surface area (Å²) >= 11 is 7.58. The van der Waals surface area contributed by atoms with Gasteiger partial charge in [-0.3, -0.25) is 4.90 Å². The SMILES string of the molecule is CSc1cc(F)cc([C@H](C2CN(C(c3ccc(Cl)cc3)c3cccc(C#N)c3)C2)C(C)(C)F)c1. The van der Waals surface area contributed by atoms with Crippen LogP contribution in [0.1, 0.15) is 48.1 Å². The van der Waals surface area contributed by atoms with Crippen LogP contribution >= 0.6 is 23.4 Å². The van der Waals surface area contributed by atoms with E-state index in [4.69, 9.17) is 11.6 Å². The van der Waals surface area contributed by atoms with E-state index in [0.717, 1.165) is 16.0 Å². The lowest BCUT2D eigenvalue weighted by Gasteiger charge is -2.50. The van der Waals surface area contributed by atoms with Gasteiger partial charge in [-0.15, -0.1) is 11.8 Å². The Kier molecular flexibility index (Phi) is 7.33. The number of nitrogens with zero attached hydrogens (tertiary/aromatic N) is 2. The zero-order chi connectivity index (χ0) is 24.5. The number of hydrogen-bond acceptors (Lipinski definition) is 3. The monoisotopic (exact) mass is 496 g/mol. The van der Waals surface area contributed by atoms with Crippen molar-refractivity contribution in [1.82, 2.24) is 4.90 Å². The van der Waals surface area contributed by atoms with Crippen LogP contribution in [0.2, 0.25) is 5.02 Å². The molecule has 1 fully saturated rings. The van der Waals surface area contributed by atoms with E-state index < -0.39 is 11.6 Å². The first-order valence-corrected chi connectivity index (χ1v) is 12.8. The van der Waals surface area contributed by atoms with Crippen molar-refractivity contribution in [2.75, 3.05) is 19.3 Å². The molecule has 3 aromatic rings. The van der Waals surface area contributed by atoms with Gasteiger partial charge < -0.3 is 0 Å². The Morgan fingerprint density at radius 1 is 1.03 bits per heavy atom. The second-order valence-electron chi connectivity index (χ2n) is 9.37. The second-order valence-corrected chi connectivity index (χ2v) is 10.7. The van der Waals surface area contributed by atoms with Crippen LogP contribution < -0.4 is 0 Å². The lowest BCUT2D eigenvalue weighted by atomic mass is 9.72. The third-order valence-corrected chi connectivity index (χ3v) is 7.48. The zero-order valence-corrected chi connectivity index (χ0v) is 21.0. The molecule has 1 aliphatic heterocycles. The Hall–Kier alpha value is -2.39. The maximum Gasteiger partial charge on any atom is 0.124 e. The summed E-state index contributed by atoms with van der Waals surface area (Å²) in [6.07, 6.45) is 1.89. The Balaban J connectivity index is 1.66. The minimum atomic E-state index is -1.50. The molecule has 0 aliphatic carbocycles. The summed E-state index contributed by atoms with van der Waals surface area (Å²) in [4.78, 5) is 3.09. The summed E-state index contributed by atoms with van der Waals surface area (Å²) in [5.41, 5.74) is 1.86. The van der Waals surface area contributed by atoms with Crippen molar-refractivity contribution in [3.05, 3.63) is 99.8 Å². The summed E-state index contributed by atoms with van der Waals surface area (Å²) in [6.45, 7) is 4.48. The molecule has 2 nitrogen and oxygen atoms in total. The first-order chi connectivity index (χ1) is 16.2. The van der Waals surface area contributed by atoms with Crippen LogP contribution in [0, 0.1) is 23.1 Å². The number of alkyl halides is 1. The van der Waals surface area contributed by atoms with Gasteiger partial charge in [0, 0.05) is 28.9 Å². The average Bonchev–Trinajstić information content (AvgIpc) is 2.77. The first-order valence-electron chi connectivity index (χ1n) is 11.2. The van der Waals surface area contributed by atoms with Gasteiger partial charge in [0.25, 0.3) is 0 Å². The van der Waals surface area contributed by atoms with Gasteiger partial charge in [0.05, 0.1) is 17.7 Å². The largest absolute Gasteiger partial charge is 0.292 e. The number of nitriles is 1. The van der Waals surface area contributed by atoms with E-state index in [-0.39, 0.29) is 17.8 Å². The van der Waals surface area contributed by atoms with Crippen molar-refractivity contribution in [1.29, 1.82) is 5.26 Å². The highest BCUT2D eigenvalue weighted by molar-refractivity contribution is 7.98. The molecule has 1 saturated heterocycles. The van der Waals surface area contributed by atoms with E-state index in [0.29, 0.717) is 29.2 Å². The van der Waals surface area contributed by atoms with Gasteiger partial charge in [0.15, 0.2) is 0 Å². The highest BCUT2D eigenvalue weighted by Gasteiger charge is 2.45. The molecule has 0 aromatic heterocycles. The van der Waals surface area contributed by atoms with Crippen molar-refractivity contribution >= 4 is 23.4 Å². The van der Waals surface area contributed by atoms with Gasteiger partial charge in [-0.2, -0.15) is 5.26 Å². The van der Waals surface area contributed by atoms with Gasteiger partial charge in [0.1, 0.15) is 11.5 Å². The molecule has 1 aliphatic rings. The van der Waals surface area contributed by atoms with Gasteiger partial charge in [-0.25, -0.2) is 8.78 Å². The fourth-order valence-electron chi connectivity index (χ4n) is 5.12. The lowest BCUT2D eigenvalue weighted by Crippen LogP contribution is -2.53. The Bertz CT molecular complexity index is 1190. The fourth-order valence-corrected chi connectivity index (χ4v) is 5.73. The summed E-state index contributed by atoms with van der Waals surface area (Å²) in [5, 5.41) is 10.1. The van der Waals surface area contributed by atoms with Crippen LogP contribution in [0.5, 0.6) is 0 Å². The molecular formula is C28H27ClF2N2S. The molecule has 0 N–H and O–H groups in total. The van der Waals surface area contributed by atoms with Gasteiger partial charge in [0.2, 0.25) is 0 Å². The maximum absolute atomic E-state index is 15.5. The molecule has 6 heteroatoms. The maximum atomic E-state index is 15.5. The summed E-state index contributed by atoms with van der Waals surface area (Å²) in [6, 6.07) is 22.3. The molecule has 0 spiro atoms. The van der Waals surface area contributed by atoms with E-state index in [2.05, 4.69) is 11.0 Å². The van der Waals surface area contributed by atoms with Crippen molar-refractivity contribution in [3.8, 4) is 6.07 Å². The standard InChI is InChI=1S/C28H27ClF2N2S/c1-28(2,31)26(21-12-24(30)14-25(13-21)34-3)22-16-33(17-22)27(19-7-9-23(29)10-8-19)20-6-4-5-18(11-20)15-32/h4-14,22,26-27H,16-17H2,1-3H3/t26-,27?/m1/s1. The van der Waals surface area contributed by atoms with Crippen molar-refractivity contribution in [2.24, 2.45) is 5.92 Å². The number of hydrogen-bond donors (Lipinski definition) is 0. The molecule has 0 saturated carbocycles. The van der Waals surface area contributed by atoms with Crippen molar-refractivity contribution < 1.29 is 8.78 Å². The van der Waals surface area contributed by atoms with Gasteiger partial charge >= 0.3 is 0 Å². The summed E-state index contributed by atoms with van der Waals surface area (Å²) < 4.78 is 29.8. The molecular weight excluding hydrogens is 470 g/mol. The van der Waals surface area contributed by atoms with E-state index >= 15 is 4.39 Å². The number of thioether (sulfide) groups is 1. The molecule has 1 heterocycles. The topological polar surface area (TPSA) is 27.0 Å². The normalized spacial score (nSPS) is 16.5. The van der Waals surface area contributed by atoms with E-state index in [1.807, 2.05) is 54.8 Å². The highest BCUT2D eigenvalue weighted by Crippen LogP contribution is 2.46. The number of likely N-dealkylation sites (tertiary alicyclic amines) is 1. The summed E-state index contributed by atoms with van der Waals surface area (Å²) in [7, 11) is 0. The third-order valence-electron chi connectivity index (χ3n) is 6.52. The van der Waals surface area contributed by atoms with Gasteiger partial charge in [-0.1, -0.05) is 35.9 Å². The minimum Gasteiger partial charge on any atom is -0.292 e. The van der Waals surface area contributed by atoms with E-state index in [1.165, 1.54) is 23.9 Å². The van der Waals surface area contributed by atoms with Crippen LogP contribution in [0.15, 0.2) is 71.6 Å². The van der Waals surface area contributed by atoms with Crippen LogP contribution in [0.3, 0.4) is 0 Å². The predicted octanol–water partition coefficient (Wildman–Crippen LogP) is 7.63. The van der Waals surface area contributed by atoms with E-state index in [1.54, 1.807) is 19.9 Å². The van der Waals surface area contributed by atoms with Crippen LogP contribution in [0.25, 0.3) is 0 Å². The molecule has 34 heavy (non-hydrogen) atoms. The quantitative estimate of drug-likeness (QED) is 0.315. The van der Waals surface area contributed by atoms with E-state index in [9.17, 15) is 9.65 Å². The number of halogens is 3. The first kappa shape index (κ1) is 24.7. The summed E-state index contributed by atoms with van der Waals surface area (Å²) in [5.74, 6) is -0.730. The fraction of sp³-hybridized carbons (Fsp3) is 0.321. The van der Waals surface area contributed by atoms with Crippen LogP contribution in [-0.4, -0.2) is 29.9 Å². The lowest BCUT2D eigenvalue weighted by molar-refractivity contribution is 0.00806. The Morgan fingerprint density at radius 3 is 2.35 bits per heavy atom.